The molecule has 0 atom stereocenters. The summed E-state index contributed by atoms with van der Waals surface area (Å²) >= 11 is 0. The summed E-state index contributed by atoms with van der Waals surface area (Å²) in [4.78, 5) is 27.4. The average Bonchev–Trinajstić information content (AvgIpc) is 2.65. The van der Waals surface area contributed by atoms with Crippen LogP contribution in [0.3, 0.4) is 0 Å². The summed E-state index contributed by atoms with van der Waals surface area (Å²) < 4.78 is 4.63. The maximum absolute atomic E-state index is 11.2. The molecule has 0 bridgehead atoms. The number of hydrogen-bond donors (Lipinski definition) is 4. The van der Waals surface area contributed by atoms with E-state index >= 15 is 0 Å². The maximum atomic E-state index is 11.2. The molecular weight excluding hydrogens is 226 g/mol. The van der Waals surface area contributed by atoms with Crippen LogP contribution in [0, 0.1) is 0 Å². The number of imidazole rings is 1. The molecule has 1 amide bonds. The maximum Gasteiger partial charge on any atom is 0.411 e. The lowest BCUT2D eigenvalue weighted by Gasteiger charge is -2.05. The van der Waals surface area contributed by atoms with E-state index in [0.717, 1.165) is 0 Å². The van der Waals surface area contributed by atoms with Gasteiger partial charge in [0, 0.05) is 5.69 Å². The van der Waals surface area contributed by atoms with Crippen molar-refractivity contribution in [3.63, 3.8) is 0 Å². The Bertz CT molecular complexity index is 586. The number of nitrogens with one attached hydrogen (secondary N) is 3. The molecule has 2 aromatic rings. The van der Waals surface area contributed by atoms with E-state index in [0.29, 0.717) is 16.7 Å². The van der Waals surface area contributed by atoms with Crippen molar-refractivity contribution >= 4 is 22.8 Å². The van der Waals surface area contributed by atoms with Crippen LogP contribution in [0.25, 0.3) is 11.0 Å². The summed E-state index contributed by atoms with van der Waals surface area (Å²) in [5.41, 5.74) is 1.44. The number of aromatic nitrogens is 2. The monoisotopic (exact) mass is 237 g/mol. The Hall–Kier alpha value is -2.28. The summed E-state index contributed by atoms with van der Waals surface area (Å²) in [5, 5.41) is 10.9. The Balaban J connectivity index is 2.13. The van der Waals surface area contributed by atoms with Gasteiger partial charge in [0.15, 0.2) is 0 Å². The van der Waals surface area contributed by atoms with Crippen molar-refractivity contribution in [2.75, 3.05) is 18.5 Å². The van der Waals surface area contributed by atoms with E-state index in [4.69, 9.17) is 5.11 Å². The Morgan fingerprint density at radius 1 is 1.35 bits per heavy atom. The van der Waals surface area contributed by atoms with Crippen molar-refractivity contribution in [1.29, 1.82) is 0 Å². The SMILES string of the molecule is O=C(Nc1ccc2[nH]c(=O)[nH]c2c1)OCCO. The number of anilines is 1. The minimum absolute atomic E-state index is 0.0605. The predicted molar refractivity (Wildman–Crippen MR) is 61.0 cm³/mol. The number of rotatable bonds is 3. The van der Waals surface area contributed by atoms with Gasteiger partial charge in [-0.25, -0.2) is 9.59 Å². The van der Waals surface area contributed by atoms with Gasteiger partial charge < -0.3 is 19.8 Å². The number of ether oxygens (including phenoxy) is 1. The fourth-order valence-corrected chi connectivity index (χ4v) is 1.40. The first-order chi connectivity index (χ1) is 8.19. The molecule has 0 aliphatic heterocycles. The van der Waals surface area contributed by atoms with E-state index in [2.05, 4.69) is 20.0 Å². The van der Waals surface area contributed by atoms with Gasteiger partial charge in [-0.05, 0) is 18.2 Å². The molecule has 0 unspecified atom stereocenters. The van der Waals surface area contributed by atoms with Gasteiger partial charge in [0.1, 0.15) is 6.61 Å². The number of amides is 1. The number of hydrogen-bond acceptors (Lipinski definition) is 4. The van der Waals surface area contributed by atoms with E-state index in [1.54, 1.807) is 18.2 Å². The van der Waals surface area contributed by atoms with E-state index in [-0.39, 0.29) is 18.9 Å². The number of fused-ring (bicyclic) bond motifs is 1. The highest BCUT2D eigenvalue weighted by atomic mass is 16.6. The summed E-state index contributed by atoms with van der Waals surface area (Å²) in [6, 6.07) is 4.90. The van der Waals surface area contributed by atoms with Gasteiger partial charge >= 0.3 is 11.8 Å². The molecule has 7 nitrogen and oxygen atoms in total. The van der Waals surface area contributed by atoms with Crippen LogP contribution in [0.1, 0.15) is 0 Å². The number of benzene rings is 1. The molecule has 17 heavy (non-hydrogen) atoms. The summed E-state index contributed by atoms with van der Waals surface area (Å²) in [6.45, 7) is -0.285. The van der Waals surface area contributed by atoms with Gasteiger partial charge in [0.2, 0.25) is 0 Å². The summed E-state index contributed by atoms with van der Waals surface area (Å²) in [6.07, 6.45) is -0.656. The highest BCUT2D eigenvalue weighted by molar-refractivity contribution is 5.88. The summed E-state index contributed by atoms with van der Waals surface area (Å²) in [7, 11) is 0. The van der Waals surface area contributed by atoms with E-state index < -0.39 is 6.09 Å². The molecule has 7 heteroatoms. The molecule has 0 saturated carbocycles. The van der Waals surface area contributed by atoms with Crippen LogP contribution in [0.2, 0.25) is 0 Å². The first-order valence-electron chi connectivity index (χ1n) is 4.96. The molecule has 1 aromatic carbocycles. The van der Waals surface area contributed by atoms with E-state index in [1.807, 2.05) is 0 Å². The molecule has 0 aliphatic carbocycles. The second kappa shape index (κ2) is 4.71. The smallest absolute Gasteiger partial charge is 0.411 e. The van der Waals surface area contributed by atoms with Crippen LogP contribution >= 0.6 is 0 Å². The first-order valence-corrected chi connectivity index (χ1v) is 4.96. The Morgan fingerprint density at radius 2 is 2.12 bits per heavy atom. The normalized spacial score (nSPS) is 10.4. The third-order valence-electron chi connectivity index (χ3n) is 2.09. The first kappa shape index (κ1) is 11.2. The molecule has 4 N–H and O–H groups in total. The zero-order chi connectivity index (χ0) is 12.3. The lowest BCUT2D eigenvalue weighted by Crippen LogP contribution is -2.15. The van der Waals surface area contributed by atoms with Gasteiger partial charge in [0.05, 0.1) is 17.6 Å². The number of aromatic amines is 2. The van der Waals surface area contributed by atoms with Gasteiger partial charge in [-0.15, -0.1) is 0 Å². The third kappa shape index (κ3) is 2.64. The fourth-order valence-electron chi connectivity index (χ4n) is 1.40. The van der Waals surface area contributed by atoms with Crippen LogP contribution in [0.5, 0.6) is 0 Å². The zero-order valence-electron chi connectivity index (χ0n) is 8.82. The van der Waals surface area contributed by atoms with Gasteiger partial charge in [-0.3, -0.25) is 5.32 Å². The third-order valence-corrected chi connectivity index (χ3v) is 2.09. The van der Waals surface area contributed by atoms with Gasteiger partial charge in [0.25, 0.3) is 0 Å². The van der Waals surface area contributed by atoms with Crippen LogP contribution < -0.4 is 11.0 Å². The number of carbonyl (C=O) groups is 1. The van der Waals surface area contributed by atoms with Crippen molar-refractivity contribution in [2.45, 2.75) is 0 Å². The highest BCUT2D eigenvalue weighted by Gasteiger charge is 2.04. The number of H-pyrrole nitrogens is 2. The molecule has 0 saturated heterocycles. The highest BCUT2D eigenvalue weighted by Crippen LogP contribution is 2.14. The molecule has 1 aromatic heterocycles. The van der Waals surface area contributed by atoms with Crippen molar-refractivity contribution in [1.82, 2.24) is 9.97 Å². The second-order valence-corrected chi connectivity index (χ2v) is 3.32. The minimum atomic E-state index is -0.656. The van der Waals surface area contributed by atoms with Crippen LogP contribution in [-0.4, -0.2) is 34.4 Å². The van der Waals surface area contributed by atoms with Crippen molar-refractivity contribution < 1.29 is 14.6 Å². The summed E-state index contributed by atoms with van der Waals surface area (Å²) in [5.74, 6) is 0. The lowest BCUT2D eigenvalue weighted by atomic mass is 10.3. The predicted octanol–water partition coefficient (Wildman–Crippen LogP) is 0.397. The van der Waals surface area contributed by atoms with E-state index in [9.17, 15) is 9.59 Å². The molecule has 0 fully saturated rings. The second-order valence-electron chi connectivity index (χ2n) is 3.32. The van der Waals surface area contributed by atoms with Gasteiger partial charge in [-0.1, -0.05) is 0 Å². The molecule has 2 rings (SSSR count). The Morgan fingerprint density at radius 3 is 2.88 bits per heavy atom. The van der Waals surface area contributed by atoms with E-state index in [1.165, 1.54) is 0 Å². The van der Waals surface area contributed by atoms with Crippen LogP contribution in [0.4, 0.5) is 10.5 Å². The molecule has 90 valence electrons. The minimum Gasteiger partial charge on any atom is -0.447 e. The standard InChI is InChI=1S/C10H11N3O4/c14-3-4-17-10(16)11-6-1-2-7-8(5-6)13-9(15)12-7/h1-2,5,14H,3-4H2,(H,11,16)(H2,12,13,15). The van der Waals surface area contributed by atoms with Crippen molar-refractivity contribution in [3.8, 4) is 0 Å². The largest absolute Gasteiger partial charge is 0.447 e. The average molecular weight is 237 g/mol. The van der Waals surface area contributed by atoms with Crippen molar-refractivity contribution in [3.05, 3.63) is 28.7 Å². The fraction of sp³-hybridized carbons (Fsp3) is 0.200. The van der Waals surface area contributed by atoms with Crippen molar-refractivity contribution in [2.24, 2.45) is 0 Å². The molecule has 0 radical (unpaired) electrons. The topological polar surface area (TPSA) is 107 Å². The van der Waals surface area contributed by atoms with Crippen LogP contribution in [-0.2, 0) is 4.74 Å². The quantitative estimate of drug-likeness (QED) is 0.619. The zero-order valence-corrected chi connectivity index (χ0v) is 8.82. The molecule has 1 heterocycles. The number of carbonyl (C=O) groups excluding carboxylic acids is 1. The Kier molecular flexibility index (Phi) is 3.10. The molecule has 0 spiro atoms. The lowest BCUT2D eigenvalue weighted by molar-refractivity contribution is 0.131. The molecular formula is C10H11N3O4. The molecule has 0 aliphatic rings. The van der Waals surface area contributed by atoms with Crippen LogP contribution in [0.15, 0.2) is 23.0 Å². The number of aliphatic hydroxyl groups is 1. The number of aliphatic hydroxyl groups excluding tert-OH is 1. The Labute approximate surface area is 95.4 Å². The van der Waals surface area contributed by atoms with Gasteiger partial charge in [-0.2, -0.15) is 0 Å².